The monoisotopic (exact) mass is 424 g/mol. The lowest BCUT2D eigenvalue weighted by molar-refractivity contribution is 0.122. The fraction of sp³-hybridized carbons (Fsp3) is 0.240. The number of aromatic nitrogens is 4. The van der Waals surface area contributed by atoms with Gasteiger partial charge in [0.2, 0.25) is 0 Å². The average Bonchev–Trinajstić information content (AvgIpc) is 3.52. The Hall–Kier alpha value is -3.71. The fourth-order valence-corrected chi connectivity index (χ4v) is 4.49. The van der Waals surface area contributed by atoms with E-state index in [0.717, 1.165) is 78.1 Å². The fourth-order valence-electron chi connectivity index (χ4n) is 4.49. The van der Waals surface area contributed by atoms with Gasteiger partial charge in [0.15, 0.2) is 5.65 Å². The van der Waals surface area contributed by atoms with E-state index in [4.69, 9.17) is 4.74 Å². The van der Waals surface area contributed by atoms with E-state index in [-0.39, 0.29) is 0 Å². The summed E-state index contributed by atoms with van der Waals surface area (Å²) in [5.41, 5.74) is 8.62. The van der Waals surface area contributed by atoms with Gasteiger partial charge in [-0.15, -0.1) is 0 Å². The minimum Gasteiger partial charge on any atom is -0.378 e. The van der Waals surface area contributed by atoms with Crippen molar-refractivity contribution in [2.45, 2.75) is 13.3 Å². The van der Waals surface area contributed by atoms with Gasteiger partial charge in [0.05, 0.1) is 36.5 Å². The van der Waals surface area contributed by atoms with E-state index in [2.05, 4.69) is 66.8 Å². The van der Waals surface area contributed by atoms with Gasteiger partial charge in [-0.1, -0.05) is 6.08 Å². The molecule has 4 aromatic rings. The van der Waals surface area contributed by atoms with Gasteiger partial charge in [-0.2, -0.15) is 0 Å². The molecule has 7 heteroatoms. The molecule has 0 radical (unpaired) electrons. The van der Waals surface area contributed by atoms with Crippen LogP contribution >= 0.6 is 0 Å². The van der Waals surface area contributed by atoms with Gasteiger partial charge < -0.3 is 19.4 Å². The number of imidazole rings is 1. The summed E-state index contributed by atoms with van der Waals surface area (Å²) in [5, 5.41) is 3.48. The van der Waals surface area contributed by atoms with Crippen molar-refractivity contribution < 1.29 is 4.74 Å². The minimum atomic E-state index is 0.762. The number of allylic oxidation sites excluding steroid dienone is 1. The molecule has 4 aromatic heterocycles. The summed E-state index contributed by atoms with van der Waals surface area (Å²) in [7, 11) is 0. The predicted octanol–water partition coefficient (Wildman–Crippen LogP) is 4.25. The first-order valence-electron chi connectivity index (χ1n) is 10.9. The number of ether oxygens (including phenoxy) is 1. The van der Waals surface area contributed by atoms with E-state index in [1.54, 1.807) is 0 Å². The Balaban J connectivity index is 1.35. The van der Waals surface area contributed by atoms with Crippen LogP contribution in [0.15, 0.2) is 55.1 Å². The molecule has 0 unspecified atom stereocenters. The molecule has 0 atom stereocenters. The second-order valence-corrected chi connectivity index (χ2v) is 8.18. The molecule has 0 spiro atoms. The largest absolute Gasteiger partial charge is 0.378 e. The van der Waals surface area contributed by atoms with Gasteiger partial charge in [0.1, 0.15) is 5.82 Å². The zero-order valence-corrected chi connectivity index (χ0v) is 18.0. The first-order valence-corrected chi connectivity index (χ1v) is 10.9. The van der Waals surface area contributed by atoms with Crippen LogP contribution in [-0.4, -0.2) is 45.7 Å². The molecule has 1 saturated heterocycles. The lowest BCUT2D eigenvalue weighted by Crippen LogP contribution is -2.36. The maximum Gasteiger partial charge on any atom is 0.160 e. The Kier molecular flexibility index (Phi) is 4.61. The highest BCUT2D eigenvalue weighted by Gasteiger charge is 2.16. The highest BCUT2D eigenvalue weighted by Crippen LogP contribution is 2.32. The van der Waals surface area contributed by atoms with Crippen LogP contribution in [0, 0.1) is 6.92 Å². The second-order valence-electron chi connectivity index (χ2n) is 8.18. The molecule has 5 heterocycles. The van der Waals surface area contributed by atoms with Gasteiger partial charge in [-0.3, -0.25) is 4.98 Å². The quantitative estimate of drug-likeness (QED) is 0.528. The molecule has 2 aliphatic rings. The van der Waals surface area contributed by atoms with Crippen molar-refractivity contribution in [2.75, 3.05) is 36.5 Å². The molecule has 0 aromatic carbocycles. The Bertz CT molecular complexity index is 1320. The molecule has 32 heavy (non-hydrogen) atoms. The molecule has 1 N–H and O–H groups in total. The zero-order valence-electron chi connectivity index (χ0n) is 18.0. The van der Waals surface area contributed by atoms with Gasteiger partial charge >= 0.3 is 0 Å². The van der Waals surface area contributed by atoms with Crippen molar-refractivity contribution in [3.63, 3.8) is 0 Å². The van der Waals surface area contributed by atoms with Gasteiger partial charge in [-0.25, -0.2) is 9.97 Å². The van der Waals surface area contributed by atoms with Crippen LogP contribution in [0.5, 0.6) is 0 Å². The number of fused-ring (bicyclic) bond motifs is 2. The molecule has 7 nitrogen and oxygen atoms in total. The summed E-state index contributed by atoms with van der Waals surface area (Å²) in [6, 6.07) is 8.52. The zero-order chi connectivity index (χ0) is 21.5. The number of anilines is 3. The van der Waals surface area contributed by atoms with Crippen LogP contribution in [0.1, 0.15) is 17.0 Å². The number of rotatable bonds is 4. The Labute approximate surface area is 186 Å². The van der Waals surface area contributed by atoms with E-state index in [9.17, 15) is 0 Å². The normalized spacial score (nSPS) is 15.3. The Morgan fingerprint density at radius 1 is 1.03 bits per heavy atom. The molecule has 0 saturated carbocycles. The Morgan fingerprint density at radius 2 is 1.94 bits per heavy atom. The van der Waals surface area contributed by atoms with Gasteiger partial charge in [-0.05, 0) is 49.2 Å². The highest BCUT2D eigenvalue weighted by atomic mass is 16.5. The van der Waals surface area contributed by atoms with Crippen LogP contribution < -0.4 is 10.2 Å². The van der Waals surface area contributed by atoms with Crippen LogP contribution in [-0.2, 0) is 11.2 Å². The summed E-state index contributed by atoms with van der Waals surface area (Å²) >= 11 is 0. The van der Waals surface area contributed by atoms with Gasteiger partial charge in [0.25, 0.3) is 0 Å². The van der Waals surface area contributed by atoms with E-state index in [0.29, 0.717) is 0 Å². The topological polar surface area (TPSA) is 67.6 Å². The van der Waals surface area contributed by atoms with Crippen molar-refractivity contribution in [1.29, 1.82) is 0 Å². The number of nitrogens with zero attached hydrogens (tertiary/aromatic N) is 5. The number of nitrogens with one attached hydrogen (secondary N) is 1. The second kappa shape index (κ2) is 7.76. The lowest BCUT2D eigenvalue weighted by Gasteiger charge is -2.28. The van der Waals surface area contributed by atoms with E-state index in [1.807, 2.05) is 30.9 Å². The van der Waals surface area contributed by atoms with Crippen LogP contribution in [0.25, 0.3) is 22.9 Å². The first-order chi connectivity index (χ1) is 15.8. The van der Waals surface area contributed by atoms with Gasteiger partial charge in [0, 0.05) is 48.5 Å². The van der Waals surface area contributed by atoms with Crippen LogP contribution in [0.4, 0.5) is 17.2 Å². The summed E-state index contributed by atoms with van der Waals surface area (Å²) in [5.74, 6) is 0.790. The van der Waals surface area contributed by atoms with Crippen molar-refractivity contribution in [3.05, 3.63) is 72.1 Å². The van der Waals surface area contributed by atoms with Crippen LogP contribution in [0.3, 0.4) is 0 Å². The molecular formula is C25H24N6O. The Morgan fingerprint density at radius 3 is 2.78 bits per heavy atom. The van der Waals surface area contributed by atoms with Crippen molar-refractivity contribution in [2.24, 2.45) is 0 Å². The number of morpholine rings is 1. The molecule has 1 aliphatic carbocycles. The standard InChI is InChI=1S/C25H24N6O/c1-17-21(19-13-18-3-2-4-22(18)27-15-19)14-23(25-26-7-8-31(17)25)29-24-6-5-20(16-28-24)30-9-11-32-12-10-30/h2,4-8,13-16H,3,9-12H2,1H3,(H,28,29). The van der Waals surface area contributed by atoms with Crippen molar-refractivity contribution in [3.8, 4) is 11.1 Å². The van der Waals surface area contributed by atoms with E-state index in [1.165, 1.54) is 5.56 Å². The van der Waals surface area contributed by atoms with Crippen molar-refractivity contribution in [1.82, 2.24) is 19.4 Å². The predicted molar refractivity (Wildman–Crippen MR) is 126 cm³/mol. The highest BCUT2D eigenvalue weighted by molar-refractivity contribution is 5.81. The number of aryl methyl sites for hydroxylation is 1. The molecule has 1 aliphatic heterocycles. The molecule has 0 bridgehead atoms. The minimum absolute atomic E-state index is 0.762. The van der Waals surface area contributed by atoms with Crippen LogP contribution in [0.2, 0.25) is 0 Å². The molecular weight excluding hydrogens is 400 g/mol. The molecule has 160 valence electrons. The maximum atomic E-state index is 5.45. The smallest absolute Gasteiger partial charge is 0.160 e. The number of hydrogen-bond donors (Lipinski definition) is 1. The summed E-state index contributed by atoms with van der Waals surface area (Å²) in [6.07, 6.45) is 12.9. The lowest BCUT2D eigenvalue weighted by atomic mass is 10.0. The number of pyridine rings is 3. The third kappa shape index (κ3) is 3.31. The maximum absolute atomic E-state index is 5.45. The summed E-state index contributed by atoms with van der Waals surface area (Å²) < 4.78 is 7.56. The molecule has 1 fully saturated rings. The SMILES string of the molecule is Cc1c(-c2cnc3c(c2)CC=C3)cc(Nc2ccc(N3CCOCC3)cn2)c2nccn12. The molecule has 6 rings (SSSR count). The van der Waals surface area contributed by atoms with E-state index < -0.39 is 0 Å². The van der Waals surface area contributed by atoms with E-state index >= 15 is 0 Å². The average molecular weight is 425 g/mol. The summed E-state index contributed by atoms with van der Waals surface area (Å²) in [4.78, 5) is 16.2. The molecule has 0 amide bonds. The first kappa shape index (κ1) is 19.0. The third-order valence-corrected chi connectivity index (χ3v) is 6.23. The number of hydrogen-bond acceptors (Lipinski definition) is 6. The van der Waals surface area contributed by atoms with Crippen molar-refractivity contribution >= 4 is 28.9 Å². The third-order valence-electron chi connectivity index (χ3n) is 6.23. The summed E-state index contributed by atoms with van der Waals surface area (Å²) in [6.45, 7) is 5.44.